The lowest BCUT2D eigenvalue weighted by molar-refractivity contribution is -0.128. The summed E-state index contributed by atoms with van der Waals surface area (Å²) in [6.07, 6.45) is 3.19. The maximum absolute atomic E-state index is 12.6. The summed E-state index contributed by atoms with van der Waals surface area (Å²) in [6, 6.07) is 11.6. The molecule has 26 heavy (non-hydrogen) atoms. The minimum Gasteiger partial charge on any atom is -0.358 e. The second-order valence-corrected chi connectivity index (χ2v) is 6.12. The lowest BCUT2D eigenvalue weighted by Gasteiger charge is -2.34. The van der Waals surface area contributed by atoms with Crippen LogP contribution in [0, 0.1) is 11.3 Å². The van der Waals surface area contributed by atoms with E-state index in [1.165, 1.54) is 6.20 Å². The van der Waals surface area contributed by atoms with Crippen LogP contribution in [-0.2, 0) is 4.79 Å². The number of nitrogens with one attached hydrogen (secondary N) is 1. The quantitative estimate of drug-likeness (QED) is 0.620. The van der Waals surface area contributed by atoms with Gasteiger partial charge in [0.05, 0.1) is 11.2 Å². The van der Waals surface area contributed by atoms with Gasteiger partial charge >= 0.3 is 0 Å². The maximum atomic E-state index is 12.6. The van der Waals surface area contributed by atoms with E-state index in [1.54, 1.807) is 11.1 Å². The van der Waals surface area contributed by atoms with Crippen LogP contribution >= 0.6 is 0 Å². The van der Waals surface area contributed by atoms with Gasteiger partial charge in [0.1, 0.15) is 11.6 Å². The van der Waals surface area contributed by atoms with Crippen LogP contribution in [0.4, 0.5) is 5.69 Å². The lowest BCUT2D eigenvalue weighted by atomic mass is 10.2. The molecule has 0 aliphatic carbocycles. The van der Waals surface area contributed by atoms with E-state index in [1.807, 2.05) is 36.4 Å². The molecule has 1 saturated heterocycles. The molecule has 3 N–H and O–H groups in total. The number of benzene rings is 1. The van der Waals surface area contributed by atoms with Crippen LogP contribution in [0.1, 0.15) is 0 Å². The van der Waals surface area contributed by atoms with Crippen LogP contribution < -0.4 is 11.1 Å². The van der Waals surface area contributed by atoms with Gasteiger partial charge < -0.3 is 16.0 Å². The first-order chi connectivity index (χ1) is 12.7. The fourth-order valence-electron chi connectivity index (χ4n) is 3.04. The number of rotatable bonds is 5. The molecule has 0 unspecified atom stereocenters. The highest BCUT2D eigenvalue weighted by atomic mass is 16.2. The second-order valence-electron chi connectivity index (χ2n) is 6.12. The molecule has 1 amide bonds. The van der Waals surface area contributed by atoms with Crippen molar-refractivity contribution in [3.8, 4) is 6.07 Å². The Hall–Kier alpha value is -2.95. The largest absolute Gasteiger partial charge is 0.358 e. The van der Waals surface area contributed by atoms with Crippen molar-refractivity contribution in [2.45, 2.75) is 0 Å². The Kier molecular flexibility index (Phi) is 5.79. The Morgan fingerprint density at radius 2 is 2.04 bits per heavy atom. The summed E-state index contributed by atoms with van der Waals surface area (Å²) in [5.41, 5.74) is 7.22. The van der Waals surface area contributed by atoms with Crippen molar-refractivity contribution < 1.29 is 4.79 Å². The first-order valence-electron chi connectivity index (χ1n) is 8.65. The summed E-state index contributed by atoms with van der Waals surface area (Å²) in [5.74, 6) is -0.249. The van der Waals surface area contributed by atoms with Gasteiger partial charge in [-0.25, -0.2) is 0 Å². The molecule has 0 atom stereocenters. The summed E-state index contributed by atoms with van der Waals surface area (Å²) in [6.45, 7) is 4.21. The molecular weight excluding hydrogens is 328 g/mol. The number of pyridine rings is 1. The van der Waals surface area contributed by atoms with Crippen molar-refractivity contribution >= 4 is 22.5 Å². The molecule has 1 aromatic carbocycles. The highest BCUT2D eigenvalue weighted by molar-refractivity contribution is 5.98. The Labute approximate surface area is 152 Å². The smallest absolute Gasteiger partial charge is 0.266 e. The first-order valence-corrected chi connectivity index (χ1v) is 8.65. The summed E-state index contributed by atoms with van der Waals surface area (Å²) in [7, 11) is 0. The number of anilines is 1. The molecule has 0 saturated carbocycles. The van der Waals surface area contributed by atoms with Gasteiger partial charge in [-0.05, 0) is 12.1 Å². The number of hydrogen-bond acceptors (Lipinski definition) is 6. The zero-order chi connectivity index (χ0) is 18.4. The van der Waals surface area contributed by atoms with Gasteiger partial charge in [0.25, 0.3) is 5.91 Å². The Morgan fingerprint density at radius 1 is 1.27 bits per heavy atom. The number of nitriles is 1. The van der Waals surface area contributed by atoms with Crippen molar-refractivity contribution in [2.24, 2.45) is 5.73 Å². The molecule has 1 aliphatic rings. The van der Waals surface area contributed by atoms with Crippen LogP contribution in [0.25, 0.3) is 10.9 Å². The van der Waals surface area contributed by atoms with Gasteiger partial charge in [0, 0.05) is 57.1 Å². The molecule has 0 bridgehead atoms. The molecule has 0 radical (unpaired) electrons. The summed E-state index contributed by atoms with van der Waals surface area (Å²) >= 11 is 0. The van der Waals surface area contributed by atoms with E-state index in [2.05, 4.69) is 15.2 Å². The summed E-state index contributed by atoms with van der Waals surface area (Å²) in [5, 5.41) is 13.5. The minimum atomic E-state index is -0.249. The number of aromatic nitrogens is 1. The SMILES string of the molecule is N#C/C(=C/Nc1cccc2cccnc12)C(=O)N1CCN(CCN)CC1. The number of nitrogens with zero attached hydrogens (tertiary/aromatic N) is 4. The average molecular weight is 350 g/mol. The summed E-state index contributed by atoms with van der Waals surface area (Å²) in [4.78, 5) is 20.9. The molecular formula is C19H22N6O. The Bertz CT molecular complexity index is 843. The van der Waals surface area contributed by atoms with Gasteiger partial charge in [-0.3, -0.25) is 14.7 Å². The van der Waals surface area contributed by atoms with Gasteiger partial charge in [-0.1, -0.05) is 18.2 Å². The summed E-state index contributed by atoms with van der Waals surface area (Å²) < 4.78 is 0. The number of piperazine rings is 1. The van der Waals surface area contributed by atoms with E-state index in [0.717, 1.165) is 36.2 Å². The standard InChI is InChI=1S/C19H22N6O/c20-6-8-24-9-11-25(12-10-24)19(26)16(13-21)14-23-17-5-1-3-15-4-2-7-22-18(15)17/h1-5,7,14,23H,6,8-12,20H2/b16-14-. The zero-order valence-electron chi connectivity index (χ0n) is 14.6. The number of carbonyl (C=O) groups is 1. The second kappa shape index (κ2) is 8.43. The van der Waals surface area contributed by atoms with Crippen LogP contribution in [-0.4, -0.2) is 60.0 Å². The van der Waals surface area contributed by atoms with E-state index in [-0.39, 0.29) is 11.5 Å². The van der Waals surface area contributed by atoms with Crippen molar-refractivity contribution in [3.63, 3.8) is 0 Å². The van der Waals surface area contributed by atoms with Crippen molar-refractivity contribution in [1.82, 2.24) is 14.8 Å². The predicted molar refractivity (Wildman–Crippen MR) is 101 cm³/mol. The van der Waals surface area contributed by atoms with E-state index in [9.17, 15) is 10.1 Å². The molecule has 134 valence electrons. The Balaban J connectivity index is 1.70. The molecule has 1 fully saturated rings. The van der Waals surface area contributed by atoms with Gasteiger partial charge in [-0.15, -0.1) is 0 Å². The third-order valence-corrected chi connectivity index (χ3v) is 4.46. The van der Waals surface area contributed by atoms with Crippen molar-refractivity contribution in [2.75, 3.05) is 44.6 Å². The average Bonchev–Trinajstić information content (AvgIpc) is 2.69. The number of fused-ring (bicyclic) bond motifs is 1. The highest BCUT2D eigenvalue weighted by Gasteiger charge is 2.23. The third kappa shape index (κ3) is 3.99. The predicted octanol–water partition coefficient (Wildman–Crippen LogP) is 1.16. The number of nitrogens with two attached hydrogens (primary N) is 1. The molecule has 7 heteroatoms. The molecule has 2 heterocycles. The topological polar surface area (TPSA) is 98.3 Å². The van der Waals surface area contributed by atoms with Crippen molar-refractivity contribution in [1.29, 1.82) is 5.26 Å². The fourth-order valence-corrected chi connectivity index (χ4v) is 3.04. The number of amides is 1. The molecule has 3 rings (SSSR count). The lowest BCUT2D eigenvalue weighted by Crippen LogP contribution is -2.50. The fraction of sp³-hybridized carbons (Fsp3) is 0.316. The third-order valence-electron chi connectivity index (χ3n) is 4.46. The first kappa shape index (κ1) is 17.9. The van der Waals surface area contributed by atoms with Crippen molar-refractivity contribution in [3.05, 3.63) is 48.3 Å². The van der Waals surface area contributed by atoms with E-state index < -0.39 is 0 Å². The van der Waals surface area contributed by atoms with E-state index in [4.69, 9.17) is 5.73 Å². The van der Waals surface area contributed by atoms with E-state index in [0.29, 0.717) is 19.6 Å². The number of hydrogen-bond donors (Lipinski definition) is 2. The van der Waals surface area contributed by atoms with Gasteiger partial charge in [0.15, 0.2) is 0 Å². The van der Waals surface area contributed by atoms with Crippen LogP contribution in [0.2, 0.25) is 0 Å². The normalized spacial score (nSPS) is 15.7. The molecule has 2 aromatic rings. The zero-order valence-corrected chi connectivity index (χ0v) is 14.6. The molecule has 0 spiro atoms. The molecule has 1 aromatic heterocycles. The monoisotopic (exact) mass is 350 g/mol. The minimum absolute atomic E-state index is 0.0882. The highest BCUT2D eigenvalue weighted by Crippen LogP contribution is 2.21. The van der Waals surface area contributed by atoms with Gasteiger partial charge in [0.2, 0.25) is 0 Å². The number of carbonyl (C=O) groups excluding carboxylic acids is 1. The van der Waals surface area contributed by atoms with E-state index >= 15 is 0 Å². The van der Waals surface area contributed by atoms with Crippen LogP contribution in [0.5, 0.6) is 0 Å². The molecule has 1 aliphatic heterocycles. The molecule has 7 nitrogen and oxygen atoms in total. The van der Waals surface area contributed by atoms with Crippen LogP contribution in [0.15, 0.2) is 48.3 Å². The maximum Gasteiger partial charge on any atom is 0.266 e. The Morgan fingerprint density at radius 3 is 2.77 bits per heavy atom. The number of para-hydroxylation sites is 1. The van der Waals surface area contributed by atoms with Crippen LogP contribution in [0.3, 0.4) is 0 Å². The van der Waals surface area contributed by atoms with Gasteiger partial charge in [-0.2, -0.15) is 5.26 Å².